The fraction of sp³-hybridized carbons (Fsp3) is 0.375. The molecule has 0 bridgehead atoms. The van der Waals surface area contributed by atoms with Gasteiger partial charge in [-0.2, -0.15) is 0 Å². The van der Waals surface area contributed by atoms with Crippen LogP contribution in [0.4, 0.5) is 4.39 Å². The van der Waals surface area contributed by atoms with Gasteiger partial charge in [0.15, 0.2) is 5.78 Å². The van der Waals surface area contributed by atoms with E-state index < -0.39 is 17.3 Å². The van der Waals surface area contributed by atoms with Crippen molar-refractivity contribution in [3.8, 4) is 5.69 Å². The molecule has 0 saturated heterocycles. The van der Waals surface area contributed by atoms with Gasteiger partial charge in [0, 0.05) is 29.9 Å². The van der Waals surface area contributed by atoms with Crippen molar-refractivity contribution in [2.45, 2.75) is 51.4 Å². The second kappa shape index (κ2) is 8.78. The third-order valence-corrected chi connectivity index (χ3v) is 5.87. The van der Waals surface area contributed by atoms with E-state index in [9.17, 15) is 18.8 Å². The lowest BCUT2D eigenvalue weighted by Crippen LogP contribution is -2.36. The van der Waals surface area contributed by atoms with Crippen molar-refractivity contribution in [2.75, 3.05) is 6.54 Å². The summed E-state index contributed by atoms with van der Waals surface area (Å²) in [6.45, 7) is 0.450. The van der Waals surface area contributed by atoms with Gasteiger partial charge < -0.3 is 5.32 Å². The number of Topliss-reactive ketones (excluding diaryl/α,β-unsaturated/α-hetero) is 1. The molecule has 0 aliphatic heterocycles. The Morgan fingerprint density at radius 3 is 2.57 bits per heavy atom. The van der Waals surface area contributed by atoms with E-state index >= 15 is 0 Å². The average molecular weight is 408 g/mol. The second-order valence-corrected chi connectivity index (χ2v) is 7.93. The number of ketones is 1. The van der Waals surface area contributed by atoms with E-state index in [-0.39, 0.29) is 11.3 Å². The van der Waals surface area contributed by atoms with Gasteiger partial charge in [0.25, 0.3) is 11.5 Å². The lowest BCUT2D eigenvalue weighted by molar-refractivity contribution is 0.0952. The molecule has 156 valence electrons. The van der Waals surface area contributed by atoms with Crippen molar-refractivity contribution in [3.05, 3.63) is 75.0 Å². The number of aromatic nitrogens is 1. The smallest absolute Gasteiger partial charge is 0.268 e. The SMILES string of the molecule is O=C1CCCc2c1cc(C(=O)NCCC1=CCCCC1)c(=O)n2-c1ccc(F)cc1. The first-order valence-corrected chi connectivity index (χ1v) is 10.6. The van der Waals surface area contributed by atoms with Gasteiger partial charge in [0.2, 0.25) is 0 Å². The molecule has 1 aromatic carbocycles. The Kier molecular flexibility index (Phi) is 5.93. The second-order valence-electron chi connectivity index (χ2n) is 7.93. The molecule has 30 heavy (non-hydrogen) atoms. The van der Waals surface area contributed by atoms with Gasteiger partial charge in [-0.15, -0.1) is 0 Å². The number of pyridine rings is 1. The third kappa shape index (κ3) is 4.13. The van der Waals surface area contributed by atoms with Gasteiger partial charge in [0.1, 0.15) is 11.4 Å². The summed E-state index contributed by atoms with van der Waals surface area (Å²) >= 11 is 0. The van der Waals surface area contributed by atoms with Crippen molar-refractivity contribution in [1.29, 1.82) is 0 Å². The zero-order valence-corrected chi connectivity index (χ0v) is 16.9. The van der Waals surface area contributed by atoms with Gasteiger partial charge in [-0.25, -0.2) is 4.39 Å². The van der Waals surface area contributed by atoms with Gasteiger partial charge >= 0.3 is 0 Å². The Balaban J connectivity index is 1.66. The maximum atomic E-state index is 13.4. The first kappa shape index (κ1) is 20.3. The molecular formula is C24H25FN2O3. The molecule has 1 N–H and O–H groups in total. The zero-order chi connectivity index (χ0) is 21.1. The molecule has 0 spiro atoms. The maximum Gasteiger partial charge on any atom is 0.268 e. The van der Waals surface area contributed by atoms with Crippen LogP contribution in [0.5, 0.6) is 0 Å². The molecule has 1 heterocycles. The topological polar surface area (TPSA) is 68.2 Å². The zero-order valence-electron chi connectivity index (χ0n) is 16.9. The van der Waals surface area contributed by atoms with Crippen LogP contribution in [0.15, 0.2) is 46.8 Å². The number of halogens is 1. The summed E-state index contributed by atoms with van der Waals surface area (Å²) in [5, 5.41) is 2.83. The third-order valence-electron chi connectivity index (χ3n) is 5.87. The van der Waals surface area contributed by atoms with E-state index in [1.807, 2.05) is 0 Å². The predicted molar refractivity (Wildman–Crippen MR) is 113 cm³/mol. The molecule has 6 heteroatoms. The fourth-order valence-electron chi connectivity index (χ4n) is 4.28. The fourth-order valence-corrected chi connectivity index (χ4v) is 4.28. The van der Waals surface area contributed by atoms with Crippen LogP contribution in [0.1, 0.15) is 71.4 Å². The monoisotopic (exact) mass is 408 g/mol. The van der Waals surface area contributed by atoms with E-state index in [1.54, 1.807) is 0 Å². The number of nitrogens with zero attached hydrogens (tertiary/aromatic N) is 1. The number of hydrogen-bond donors (Lipinski definition) is 1. The van der Waals surface area contributed by atoms with Crippen LogP contribution in [-0.4, -0.2) is 22.8 Å². The standard InChI is InChI=1S/C24H25FN2O3/c25-17-9-11-18(12-10-17)27-21-7-4-8-22(28)19(21)15-20(24(27)30)23(29)26-14-13-16-5-2-1-3-6-16/h5,9-12,15H,1-4,6-8,13-14H2,(H,26,29). The maximum absolute atomic E-state index is 13.4. The highest BCUT2D eigenvalue weighted by Gasteiger charge is 2.26. The Hall–Kier alpha value is -3.02. The molecule has 2 aliphatic carbocycles. The van der Waals surface area contributed by atoms with E-state index in [1.165, 1.54) is 53.3 Å². The highest BCUT2D eigenvalue weighted by atomic mass is 19.1. The molecule has 0 radical (unpaired) electrons. The lowest BCUT2D eigenvalue weighted by Gasteiger charge is -2.21. The molecule has 1 amide bonds. The summed E-state index contributed by atoms with van der Waals surface area (Å²) in [5.41, 5.74) is 2.26. The van der Waals surface area contributed by atoms with Crippen molar-refractivity contribution in [3.63, 3.8) is 0 Å². The Labute approximate surface area is 174 Å². The minimum Gasteiger partial charge on any atom is -0.352 e. The van der Waals surface area contributed by atoms with Crippen molar-refractivity contribution in [2.24, 2.45) is 0 Å². The highest BCUT2D eigenvalue weighted by molar-refractivity contribution is 6.01. The van der Waals surface area contributed by atoms with Crippen molar-refractivity contribution in [1.82, 2.24) is 9.88 Å². The lowest BCUT2D eigenvalue weighted by atomic mass is 9.92. The van der Waals surface area contributed by atoms with Crippen LogP contribution in [0.25, 0.3) is 5.69 Å². The van der Waals surface area contributed by atoms with Crippen LogP contribution in [0.2, 0.25) is 0 Å². The Morgan fingerprint density at radius 1 is 1.03 bits per heavy atom. The van der Waals surface area contributed by atoms with Crippen LogP contribution in [0, 0.1) is 5.82 Å². The van der Waals surface area contributed by atoms with Gasteiger partial charge in [-0.3, -0.25) is 19.0 Å². The van der Waals surface area contributed by atoms with E-state index in [4.69, 9.17) is 0 Å². The predicted octanol–water partition coefficient (Wildman–Crippen LogP) is 4.12. The first-order chi connectivity index (χ1) is 14.5. The Morgan fingerprint density at radius 2 is 1.83 bits per heavy atom. The van der Waals surface area contributed by atoms with Crippen LogP contribution in [0.3, 0.4) is 0 Å². The van der Waals surface area contributed by atoms with E-state index in [0.717, 1.165) is 19.3 Å². The number of amides is 1. The van der Waals surface area contributed by atoms with Crippen molar-refractivity contribution >= 4 is 11.7 Å². The number of carbonyl (C=O) groups is 2. The summed E-state index contributed by atoms with van der Waals surface area (Å²) in [6, 6.07) is 6.96. The summed E-state index contributed by atoms with van der Waals surface area (Å²) in [6.07, 6.45) is 9.12. The number of hydrogen-bond acceptors (Lipinski definition) is 3. The highest BCUT2D eigenvalue weighted by Crippen LogP contribution is 2.24. The van der Waals surface area contributed by atoms with Crippen LogP contribution < -0.4 is 10.9 Å². The minimum absolute atomic E-state index is 0.0500. The number of nitrogens with one attached hydrogen (secondary N) is 1. The normalized spacial score (nSPS) is 16.0. The van der Waals surface area contributed by atoms with Crippen LogP contribution in [-0.2, 0) is 6.42 Å². The molecule has 0 unspecified atom stereocenters. The largest absolute Gasteiger partial charge is 0.352 e. The van der Waals surface area contributed by atoms with E-state index in [2.05, 4.69) is 11.4 Å². The molecule has 2 aliphatic rings. The summed E-state index contributed by atoms with van der Waals surface area (Å²) < 4.78 is 14.8. The quantitative estimate of drug-likeness (QED) is 0.757. The number of benzene rings is 1. The molecular weight excluding hydrogens is 383 g/mol. The van der Waals surface area contributed by atoms with Crippen LogP contribution >= 0.6 is 0 Å². The number of rotatable bonds is 5. The molecule has 2 aromatic rings. The van der Waals surface area contributed by atoms with Gasteiger partial charge in [-0.1, -0.05) is 11.6 Å². The number of fused-ring (bicyclic) bond motifs is 1. The Bertz CT molecular complexity index is 1070. The van der Waals surface area contributed by atoms with Gasteiger partial charge in [0.05, 0.1) is 0 Å². The van der Waals surface area contributed by atoms with Crippen molar-refractivity contribution < 1.29 is 14.0 Å². The number of allylic oxidation sites excluding steroid dienone is 1. The summed E-state index contributed by atoms with van der Waals surface area (Å²) in [5.74, 6) is -0.968. The molecule has 0 fully saturated rings. The first-order valence-electron chi connectivity index (χ1n) is 10.6. The summed E-state index contributed by atoms with van der Waals surface area (Å²) in [7, 11) is 0. The average Bonchev–Trinajstić information content (AvgIpc) is 2.75. The minimum atomic E-state index is -0.482. The molecule has 5 nitrogen and oxygen atoms in total. The number of carbonyl (C=O) groups excluding carboxylic acids is 2. The van der Waals surface area contributed by atoms with Gasteiger partial charge in [-0.05, 0) is 75.3 Å². The van der Waals surface area contributed by atoms with E-state index in [0.29, 0.717) is 42.8 Å². The molecule has 0 atom stereocenters. The molecule has 4 rings (SSSR count). The molecule has 1 aromatic heterocycles. The molecule has 0 saturated carbocycles. The summed E-state index contributed by atoms with van der Waals surface area (Å²) in [4.78, 5) is 38.6.